The lowest BCUT2D eigenvalue weighted by molar-refractivity contribution is -0.138. The fraction of sp³-hybridized carbons (Fsp3) is 0.174. The fourth-order valence-electron chi connectivity index (χ4n) is 6.60. The summed E-state index contributed by atoms with van der Waals surface area (Å²) in [6.07, 6.45) is 2.06. The van der Waals surface area contributed by atoms with E-state index in [9.17, 15) is 19.5 Å². The molecular formula is C46H44N4O4S. The number of thioether (sulfide) groups is 1. The van der Waals surface area contributed by atoms with Gasteiger partial charge in [-0.25, -0.2) is 4.98 Å². The Bertz CT molecular complexity index is 2010. The van der Waals surface area contributed by atoms with Crippen LogP contribution in [0.2, 0.25) is 0 Å². The molecule has 2 atom stereocenters. The Kier molecular flexibility index (Phi) is 13.5. The number of benzene rings is 5. The largest absolute Gasteiger partial charge is 0.481 e. The lowest BCUT2D eigenvalue weighted by Gasteiger charge is -2.36. The standard InChI is InChI=1S/C46H44N4O4S/c51-43(25-15-31-48-42-24-13-14-30-47-42)49-41(45(54)50-40(32-44(52)53)36-28-26-35(27-29-36)34-16-5-1-6-17-34)33-55-46(37-18-7-2-8-19-37,38-20-9-3-10-21-38)39-22-11-4-12-23-39/h1-14,16-24,26-30,40-41H,15,25,31-33H2,(H,47,48)(H,49,51)(H,50,54)(H,52,53)/t40?,41-/m0/s1. The van der Waals surface area contributed by atoms with Gasteiger partial charge in [0.05, 0.1) is 17.2 Å². The average molecular weight is 749 g/mol. The number of carbonyl (C=O) groups excluding carboxylic acids is 2. The maximum absolute atomic E-state index is 14.4. The van der Waals surface area contributed by atoms with Gasteiger partial charge >= 0.3 is 5.97 Å². The van der Waals surface area contributed by atoms with Gasteiger partial charge < -0.3 is 21.1 Å². The van der Waals surface area contributed by atoms with E-state index in [0.29, 0.717) is 18.5 Å². The molecule has 4 N–H and O–H groups in total. The highest BCUT2D eigenvalue weighted by Gasteiger charge is 2.39. The van der Waals surface area contributed by atoms with Crippen molar-refractivity contribution < 1.29 is 19.5 Å². The second kappa shape index (κ2) is 19.2. The van der Waals surface area contributed by atoms with Crippen LogP contribution in [-0.4, -0.2) is 46.2 Å². The van der Waals surface area contributed by atoms with E-state index in [1.54, 1.807) is 18.0 Å². The molecular weight excluding hydrogens is 705 g/mol. The summed E-state index contributed by atoms with van der Waals surface area (Å²) in [5.41, 5.74) is 5.72. The minimum absolute atomic E-state index is 0.176. The molecule has 0 aliphatic rings. The molecule has 8 nitrogen and oxygen atoms in total. The zero-order valence-corrected chi connectivity index (χ0v) is 31.2. The molecule has 278 valence electrons. The van der Waals surface area contributed by atoms with Crippen LogP contribution in [0.3, 0.4) is 0 Å². The van der Waals surface area contributed by atoms with Crippen molar-refractivity contribution in [3.05, 3.63) is 192 Å². The number of hydrogen-bond acceptors (Lipinski definition) is 6. The number of hydrogen-bond donors (Lipinski definition) is 4. The molecule has 55 heavy (non-hydrogen) atoms. The van der Waals surface area contributed by atoms with Gasteiger partial charge in [-0.05, 0) is 51.9 Å². The Morgan fingerprint density at radius 3 is 1.69 bits per heavy atom. The summed E-state index contributed by atoms with van der Waals surface area (Å²) in [5, 5.41) is 19.2. The highest BCUT2D eigenvalue weighted by atomic mass is 32.2. The molecule has 2 amide bonds. The Morgan fingerprint density at radius 2 is 1.16 bits per heavy atom. The van der Waals surface area contributed by atoms with E-state index in [1.807, 2.05) is 127 Å². The first kappa shape index (κ1) is 38.5. The van der Waals surface area contributed by atoms with E-state index in [4.69, 9.17) is 0 Å². The quantitative estimate of drug-likeness (QED) is 0.0514. The highest BCUT2D eigenvalue weighted by Crippen LogP contribution is 2.48. The third-order valence-electron chi connectivity index (χ3n) is 9.33. The topological polar surface area (TPSA) is 120 Å². The highest BCUT2D eigenvalue weighted by molar-refractivity contribution is 8.00. The third kappa shape index (κ3) is 10.3. The molecule has 6 aromatic rings. The van der Waals surface area contributed by atoms with Crippen molar-refractivity contribution in [3.8, 4) is 11.1 Å². The van der Waals surface area contributed by atoms with Crippen LogP contribution < -0.4 is 16.0 Å². The first-order chi connectivity index (χ1) is 26.9. The maximum atomic E-state index is 14.4. The predicted molar refractivity (Wildman–Crippen MR) is 221 cm³/mol. The Morgan fingerprint density at radius 1 is 0.636 bits per heavy atom. The van der Waals surface area contributed by atoms with E-state index in [2.05, 4.69) is 57.3 Å². The van der Waals surface area contributed by atoms with Gasteiger partial charge in [0.2, 0.25) is 11.8 Å². The Balaban J connectivity index is 1.29. The van der Waals surface area contributed by atoms with Crippen LogP contribution in [0.5, 0.6) is 0 Å². The number of amides is 2. The number of anilines is 1. The summed E-state index contributed by atoms with van der Waals surface area (Å²) in [6, 6.07) is 51.6. The molecule has 0 saturated heterocycles. The fourth-order valence-corrected chi connectivity index (χ4v) is 8.16. The summed E-state index contributed by atoms with van der Waals surface area (Å²) in [5.74, 6) is -0.889. The third-order valence-corrected chi connectivity index (χ3v) is 11.0. The van der Waals surface area contributed by atoms with Gasteiger partial charge in [-0.1, -0.05) is 152 Å². The number of carboxylic acid groups (broad SMARTS) is 1. The molecule has 0 aliphatic carbocycles. The molecule has 1 aromatic heterocycles. The summed E-state index contributed by atoms with van der Waals surface area (Å²) in [6.45, 7) is 0.523. The molecule has 0 aliphatic heterocycles. The summed E-state index contributed by atoms with van der Waals surface area (Å²) in [4.78, 5) is 44.4. The molecule has 0 saturated carbocycles. The first-order valence-corrected chi connectivity index (χ1v) is 19.3. The van der Waals surface area contributed by atoms with Crippen molar-refractivity contribution in [3.63, 3.8) is 0 Å². The smallest absolute Gasteiger partial charge is 0.305 e. The number of nitrogens with one attached hydrogen (secondary N) is 3. The zero-order valence-electron chi connectivity index (χ0n) is 30.4. The molecule has 0 bridgehead atoms. The SMILES string of the molecule is O=C(O)CC(NC(=O)[C@H](CSC(c1ccccc1)(c1ccccc1)c1ccccc1)NC(=O)CCCNc1ccccn1)c1ccc(-c2ccccc2)cc1. The molecule has 5 aromatic carbocycles. The van der Waals surface area contributed by atoms with Gasteiger partial charge in [-0.15, -0.1) is 11.8 Å². The van der Waals surface area contributed by atoms with E-state index < -0.39 is 28.7 Å². The van der Waals surface area contributed by atoms with Crippen molar-refractivity contribution in [2.24, 2.45) is 0 Å². The number of pyridine rings is 1. The van der Waals surface area contributed by atoms with Gasteiger partial charge in [0.25, 0.3) is 0 Å². The zero-order chi connectivity index (χ0) is 38.3. The minimum atomic E-state index is -1.05. The summed E-state index contributed by atoms with van der Waals surface area (Å²) < 4.78 is -0.743. The van der Waals surface area contributed by atoms with Gasteiger partial charge in [0.1, 0.15) is 11.9 Å². The molecule has 6 rings (SSSR count). The van der Waals surface area contributed by atoms with Crippen LogP contribution in [0, 0.1) is 0 Å². The van der Waals surface area contributed by atoms with Gasteiger partial charge in [-0.3, -0.25) is 14.4 Å². The molecule has 1 unspecified atom stereocenters. The lowest BCUT2D eigenvalue weighted by atomic mass is 9.84. The van der Waals surface area contributed by atoms with E-state index in [1.165, 1.54) is 0 Å². The van der Waals surface area contributed by atoms with Gasteiger partial charge in [0, 0.05) is 24.9 Å². The first-order valence-electron chi connectivity index (χ1n) is 18.3. The number of aliphatic carboxylic acids is 1. The Hall–Kier alpha value is -6.19. The van der Waals surface area contributed by atoms with Crippen molar-refractivity contribution in [1.82, 2.24) is 15.6 Å². The van der Waals surface area contributed by atoms with E-state index in [-0.39, 0.29) is 24.5 Å². The maximum Gasteiger partial charge on any atom is 0.305 e. The average Bonchev–Trinajstić information content (AvgIpc) is 3.23. The Labute approximate surface area is 326 Å². The molecule has 0 fully saturated rings. The summed E-state index contributed by atoms with van der Waals surface area (Å²) in [7, 11) is 0. The normalized spacial score (nSPS) is 12.2. The van der Waals surface area contributed by atoms with Crippen LogP contribution in [0.1, 0.15) is 47.6 Å². The summed E-state index contributed by atoms with van der Waals surface area (Å²) >= 11 is 1.56. The molecule has 1 heterocycles. The van der Waals surface area contributed by atoms with Crippen LogP contribution >= 0.6 is 11.8 Å². The van der Waals surface area contributed by atoms with Gasteiger partial charge in [-0.2, -0.15) is 0 Å². The van der Waals surface area contributed by atoms with Gasteiger partial charge in [0.15, 0.2) is 0 Å². The van der Waals surface area contributed by atoms with Crippen molar-refractivity contribution >= 4 is 35.4 Å². The second-order valence-corrected chi connectivity index (χ2v) is 14.3. The molecule has 0 radical (unpaired) electrons. The number of rotatable bonds is 18. The number of nitrogens with zero attached hydrogens (tertiary/aromatic N) is 1. The molecule has 0 spiro atoms. The van der Waals surface area contributed by atoms with Crippen molar-refractivity contribution in [2.75, 3.05) is 17.6 Å². The van der Waals surface area contributed by atoms with E-state index in [0.717, 1.165) is 33.6 Å². The molecule has 9 heteroatoms. The van der Waals surface area contributed by atoms with Crippen LogP contribution in [0.4, 0.5) is 5.82 Å². The van der Waals surface area contributed by atoms with Crippen LogP contribution in [-0.2, 0) is 19.1 Å². The van der Waals surface area contributed by atoms with Crippen molar-refractivity contribution in [2.45, 2.75) is 36.1 Å². The number of carboxylic acids is 1. The minimum Gasteiger partial charge on any atom is -0.481 e. The van der Waals surface area contributed by atoms with Crippen LogP contribution in [0.15, 0.2) is 170 Å². The van der Waals surface area contributed by atoms with E-state index >= 15 is 0 Å². The predicted octanol–water partition coefficient (Wildman–Crippen LogP) is 8.48. The number of carbonyl (C=O) groups is 3. The number of aromatic nitrogens is 1. The monoisotopic (exact) mass is 748 g/mol. The van der Waals surface area contributed by atoms with Crippen LogP contribution in [0.25, 0.3) is 11.1 Å². The second-order valence-electron chi connectivity index (χ2n) is 13.1. The lowest BCUT2D eigenvalue weighted by Crippen LogP contribution is -2.50. The van der Waals surface area contributed by atoms with Crippen molar-refractivity contribution in [1.29, 1.82) is 0 Å².